The van der Waals surface area contributed by atoms with Gasteiger partial charge >= 0.3 is 0 Å². The van der Waals surface area contributed by atoms with Crippen LogP contribution in [0.5, 0.6) is 5.75 Å². The summed E-state index contributed by atoms with van der Waals surface area (Å²) in [5.74, 6) is 0.204. The van der Waals surface area contributed by atoms with Gasteiger partial charge in [0, 0.05) is 14.7 Å². The average molecular weight is 393 g/mol. The maximum absolute atomic E-state index is 12.5. The van der Waals surface area contributed by atoms with Crippen molar-refractivity contribution in [3.63, 3.8) is 0 Å². The Hall–Kier alpha value is -1.89. The van der Waals surface area contributed by atoms with E-state index in [1.165, 1.54) is 0 Å². The molecule has 0 atom stereocenters. The molecule has 1 amide bonds. The molecule has 1 aliphatic rings. The van der Waals surface area contributed by atoms with E-state index in [1.807, 2.05) is 12.1 Å². The van der Waals surface area contributed by atoms with Crippen LogP contribution >= 0.6 is 22.6 Å². The highest BCUT2D eigenvalue weighted by Crippen LogP contribution is 2.23. The maximum atomic E-state index is 12.5. The Labute approximate surface area is 135 Å². The van der Waals surface area contributed by atoms with Gasteiger partial charge in [-0.2, -0.15) is 0 Å². The van der Waals surface area contributed by atoms with Crippen LogP contribution in [0.25, 0.3) is 0 Å². The Kier molecular flexibility index (Phi) is 3.92. The predicted octanol–water partition coefficient (Wildman–Crippen LogP) is 2.64. The number of hydrogen-bond donors (Lipinski definition) is 1. The Morgan fingerprint density at radius 3 is 2.57 bits per heavy atom. The minimum Gasteiger partial charge on any atom is -0.491 e. The second-order valence-corrected chi connectivity index (χ2v) is 5.90. The van der Waals surface area contributed by atoms with E-state index in [1.54, 1.807) is 30.3 Å². The molecule has 106 valence electrons. The van der Waals surface area contributed by atoms with E-state index in [0.717, 1.165) is 3.57 Å². The largest absolute Gasteiger partial charge is 0.491 e. The van der Waals surface area contributed by atoms with Crippen LogP contribution in [0.2, 0.25) is 0 Å². The lowest BCUT2D eigenvalue weighted by Crippen LogP contribution is -2.24. The molecule has 1 aliphatic heterocycles. The number of benzene rings is 2. The summed E-state index contributed by atoms with van der Waals surface area (Å²) in [4.78, 5) is 24.4. The van der Waals surface area contributed by atoms with Gasteiger partial charge in [0.1, 0.15) is 12.4 Å². The van der Waals surface area contributed by atoms with E-state index >= 15 is 0 Å². The van der Waals surface area contributed by atoms with Crippen molar-refractivity contribution in [2.45, 2.75) is 0 Å². The summed E-state index contributed by atoms with van der Waals surface area (Å²) in [6.45, 7) is 0.900. The number of halogens is 1. The van der Waals surface area contributed by atoms with E-state index in [9.17, 15) is 9.59 Å². The van der Waals surface area contributed by atoms with Gasteiger partial charge < -0.3 is 10.1 Å². The standard InChI is InChI=1S/C16H12INO3/c17-12-4-1-10(2-5-12)15(19)11-3-6-14-13(9-11)16(20)18-7-8-21-14/h1-6,9H,7-8H2,(H,18,20). The first kappa shape index (κ1) is 14.1. The molecule has 0 fully saturated rings. The number of amides is 1. The molecular weight excluding hydrogens is 381 g/mol. The fourth-order valence-electron chi connectivity index (χ4n) is 2.16. The normalized spacial score (nSPS) is 13.7. The highest BCUT2D eigenvalue weighted by Gasteiger charge is 2.19. The highest BCUT2D eigenvalue weighted by molar-refractivity contribution is 14.1. The molecule has 1 heterocycles. The molecule has 0 aliphatic carbocycles. The number of nitrogens with one attached hydrogen (secondary N) is 1. The molecule has 5 heteroatoms. The topological polar surface area (TPSA) is 55.4 Å². The summed E-state index contributed by atoms with van der Waals surface area (Å²) in [5.41, 5.74) is 1.49. The van der Waals surface area contributed by atoms with Crippen molar-refractivity contribution in [3.05, 3.63) is 62.7 Å². The summed E-state index contributed by atoms with van der Waals surface area (Å²) >= 11 is 2.19. The quantitative estimate of drug-likeness (QED) is 0.631. The molecule has 21 heavy (non-hydrogen) atoms. The van der Waals surface area contributed by atoms with Crippen LogP contribution in [0.3, 0.4) is 0 Å². The van der Waals surface area contributed by atoms with Crippen molar-refractivity contribution in [3.8, 4) is 5.75 Å². The van der Waals surface area contributed by atoms with E-state index in [2.05, 4.69) is 27.9 Å². The van der Waals surface area contributed by atoms with Crippen LogP contribution in [0.1, 0.15) is 26.3 Å². The Morgan fingerprint density at radius 2 is 1.81 bits per heavy atom. The average Bonchev–Trinajstić information content (AvgIpc) is 2.69. The number of carbonyl (C=O) groups excluding carboxylic acids is 2. The van der Waals surface area contributed by atoms with Crippen molar-refractivity contribution in [1.29, 1.82) is 0 Å². The number of ketones is 1. The zero-order valence-electron chi connectivity index (χ0n) is 11.1. The Morgan fingerprint density at radius 1 is 1.10 bits per heavy atom. The van der Waals surface area contributed by atoms with Crippen molar-refractivity contribution in [2.75, 3.05) is 13.2 Å². The van der Waals surface area contributed by atoms with Crippen molar-refractivity contribution in [2.24, 2.45) is 0 Å². The molecule has 0 saturated carbocycles. The first-order chi connectivity index (χ1) is 10.1. The SMILES string of the molecule is O=C(c1ccc(I)cc1)c1ccc2c(c1)C(=O)NCCO2. The monoisotopic (exact) mass is 393 g/mol. The van der Waals surface area contributed by atoms with Crippen LogP contribution < -0.4 is 10.1 Å². The first-order valence-electron chi connectivity index (χ1n) is 6.50. The summed E-state index contributed by atoms with van der Waals surface area (Å²) in [6.07, 6.45) is 0. The third-order valence-corrected chi connectivity index (χ3v) is 3.96. The summed E-state index contributed by atoms with van der Waals surface area (Å²) < 4.78 is 6.55. The molecule has 2 aromatic rings. The molecule has 0 radical (unpaired) electrons. The van der Waals surface area contributed by atoms with E-state index in [4.69, 9.17) is 4.74 Å². The van der Waals surface area contributed by atoms with Crippen LogP contribution in [0.15, 0.2) is 42.5 Å². The molecule has 0 aromatic heterocycles. The van der Waals surface area contributed by atoms with Crippen LogP contribution in [0, 0.1) is 3.57 Å². The molecule has 0 saturated heterocycles. The van der Waals surface area contributed by atoms with Gasteiger partial charge in [0.05, 0.1) is 12.1 Å². The van der Waals surface area contributed by atoms with Crippen LogP contribution in [0.4, 0.5) is 0 Å². The summed E-state index contributed by atoms with van der Waals surface area (Å²) in [5, 5.41) is 2.74. The summed E-state index contributed by atoms with van der Waals surface area (Å²) in [7, 11) is 0. The molecule has 4 nitrogen and oxygen atoms in total. The maximum Gasteiger partial charge on any atom is 0.255 e. The van der Waals surface area contributed by atoms with E-state index in [0.29, 0.717) is 35.6 Å². The predicted molar refractivity (Wildman–Crippen MR) is 86.9 cm³/mol. The number of fused-ring (bicyclic) bond motifs is 1. The van der Waals surface area contributed by atoms with Crippen LogP contribution in [-0.2, 0) is 0 Å². The molecule has 0 bridgehead atoms. The third kappa shape index (κ3) is 2.92. The molecule has 0 unspecified atom stereocenters. The number of hydrogen-bond acceptors (Lipinski definition) is 3. The van der Waals surface area contributed by atoms with Crippen LogP contribution in [-0.4, -0.2) is 24.8 Å². The van der Waals surface area contributed by atoms with Gasteiger partial charge in [0.15, 0.2) is 5.78 Å². The van der Waals surface area contributed by atoms with Gasteiger partial charge in [-0.05, 0) is 65.1 Å². The molecular formula is C16H12INO3. The lowest BCUT2D eigenvalue weighted by molar-refractivity contribution is 0.0957. The van der Waals surface area contributed by atoms with Crippen molar-refractivity contribution < 1.29 is 14.3 Å². The zero-order valence-corrected chi connectivity index (χ0v) is 13.2. The lowest BCUT2D eigenvalue weighted by Gasteiger charge is -2.07. The Balaban J connectivity index is 1.98. The number of ether oxygens (including phenoxy) is 1. The smallest absolute Gasteiger partial charge is 0.255 e. The van der Waals surface area contributed by atoms with Crippen molar-refractivity contribution >= 4 is 34.3 Å². The second kappa shape index (κ2) is 5.85. The fourth-order valence-corrected chi connectivity index (χ4v) is 2.52. The minimum absolute atomic E-state index is 0.105. The third-order valence-electron chi connectivity index (χ3n) is 3.24. The Bertz CT molecular complexity index is 710. The highest BCUT2D eigenvalue weighted by atomic mass is 127. The van der Waals surface area contributed by atoms with Gasteiger partial charge in [0.2, 0.25) is 0 Å². The van der Waals surface area contributed by atoms with Gasteiger partial charge in [-0.15, -0.1) is 0 Å². The molecule has 1 N–H and O–H groups in total. The van der Waals surface area contributed by atoms with Gasteiger partial charge in [0.25, 0.3) is 5.91 Å². The number of carbonyl (C=O) groups is 2. The summed E-state index contributed by atoms with van der Waals surface area (Å²) in [6, 6.07) is 12.3. The molecule has 3 rings (SSSR count). The lowest BCUT2D eigenvalue weighted by atomic mass is 10.0. The molecule has 2 aromatic carbocycles. The van der Waals surface area contributed by atoms with Gasteiger partial charge in [-0.25, -0.2) is 0 Å². The van der Waals surface area contributed by atoms with Crippen molar-refractivity contribution in [1.82, 2.24) is 5.32 Å². The van der Waals surface area contributed by atoms with Gasteiger partial charge in [-0.1, -0.05) is 0 Å². The fraction of sp³-hybridized carbons (Fsp3) is 0.125. The number of rotatable bonds is 2. The van der Waals surface area contributed by atoms with E-state index < -0.39 is 0 Å². The van der Waals surface area contributed by atoms with E-state index in [-0.39, 0.29) is 11.7 Å². The second-order valence-electron chi connectivity index (χ2n) is 4.65. The molecule has 0 spiro atoms. The van der Waals surface area contributed by atoms with Gasteiger partial charge in [-0.3, -0.25) is 9.59 Å². The minimum atomic E-state index is -0.209. The first-order valence-corrected chi connectivity index (χ1v) is 7.58. The zero-order chi connectivity index (χ0) is 14.8.